The monoisotopic (exact) mass is 372 g/mol. The summed E-state index contributed by atoms with van der Waals surface area (Å²) in [5.41, 5.74) is 3.12. The Morgan fingerprint density at radius 3 is 2.73 bits per heavy atom. The van der Waals surface area contributed by atoms with Gasteiger partial charge in [0, 0.05) is 35.8 Å². The number of anilines is 1. The minimum absolute atomic E-state index is 0.0302. The molecule has 2 aromatic rings. The molecule has 26 heavy (non-hydrogen) atoms. The van der Waals surface area contributed by atoms with Gasteiger partial charge in [0.25, 0.3) is 0 Å². The molecular weight excluding hydrogens is 348 g/mol. The Morgan fingerprint density at radius 2 is 2.04 bits per heavy atom. The molecule has 138 valence electrons. The van der Waals surface area contributed by atoms with Crippen molar-refractivity contribution in [3.05, 3.63) is 41.7 Å². The van der Waals surface area contributed by atoms with Gasteiger partial charge in [0.05, 0.1) is 17.5 Å². The van der Waals surface area contributed by atoms with Crippen LogP contribution in [0.15, 0.2) is 35.4 Å². The standard InChI is InChI=1S/C19H24N4O2S/c1-12(26-15-9-7-14(8-10-15)21-13(2)24)19(25)22-17-5-4-6-18-16(17)11-20-23(18)3/h7-12,17H,4-6H2,1-3H3,(H,21,24)(H,22,25). The summed E-state index contributed by atoms with van der Waals surface area (Å²) in [6.45, 7) is 3.39. The van der Waals surface area contributed by atoms with Gasteiger partial charge in [0.1, 0.15) is 0 Å². The molecule has 7 heteroatoms. The molecular formula is C19H24N4O2S. The number of fused-ring (bicyclic) bond motifs is 1. The van der Waals surface area contributed by atoms with E-state index in [2.05, 4.69) is 15.7 Å². The Bertz CT molecular complexity index is 800. The molecule has 0 saturated heterocycles. The first kappa shape index (κ1) is 18.5. The summed E-state index contributed by atoms with van der Waals surface area (Å²) in [7, 11) is 1.95. The van der Waals surface area contributed by atoms with Crippen molar-refractivity contribution in [2.75, 3.05) is 5.32 Å². The van der Waals surface area contributed by atoms with E-state index in [1.807, 2.05) is 49.1 Å². The molecule has 2 N–H and O–H groups in total. The lowest BCUT2D eigenvalue weighted by Gasteiger charge is -2.25. The molecule has 0 fully saturated rings. The molecule has 1 aromatic carbocycles. The van der Waals surface area contributed by atoms with Crippen LogP contribution in [-0.2, 0) is 23.1 Å². The SMILES string of the molecule is CC(=O)Nc1ccc(SC(C)C(=O)NC2CCCc3c2cnn3C)cc1. The van der Waals surface area contributed by atoms with Crippen molar-refractivity contribution in [3.8, 4) is 0 Å². The van der Waals surface area contributed by atoms with Crippen molar-refractivity contribution in [1.29, 1.82) is 0 Å². The Morgan fingerprint density at radius 1 is 1.31 bits per heavy atom. The quantitative estimate of drug-likeness (QED) is 0.791. The number of aryl methyl sites for hydroxylation is 1. The molecule has 0 bridgehead atoms. The van der Waals surface area contributed by atoms with E-state index >= 15 is 0 Å². The second-order valence-corrected chi connectivity index (χ2v) is 8.00. The number of benzene rings is 1. The van der Waals surface area contributed by atoms with Crippen molar-refractivity contribution in [2.45, 2.75) is 49.3 Å². The molecule has 0 aliphatic heterocycles. The van der Waals surface area contributed by atoms with Crippen LogP contribution in [0.1, 0.15) is 44.0 Å². The fraction of sp³-hybridized carbons (Fsp3) is 0.421. The number of amides is 2. The average molecular weight is 372 g/mol. The maximum Gasteiger partial charge on any atom is 0.233 e. The van der Waals surface area contributed by atoms with Gasteiger partial charge in [-0.3, -0.25) is 14.3 Å². The van der Waals surface area contributed by atoms with Gasteiger partial charge in [-0.05, 0) is 50.5 Å². The van der Waals surface area contributed by atoms with E-state index in [4.69, 9.17) is 0 Å². The minimum atomic E-state index is -0.205. The van der Waals surface area contributed by atoms with Gasteiger partial charge in [0.2, 0.25) is 11.8 Å². The number of rotatable bonds is 5. The first-order valence-corrected chi connectivity index (χ1v) is 9.67. The van der Waals surface area contributed by atoms with Crippen molar-refractivity contribution in [2.24, 2.45) is 7.05 Å². The summed E-state index contributed by atoms with van der Waals surface area (Å²) in [4.78, 5) is 24.7. The van der Waals surface area contributed by atoms with Crippen LogP contribution in [0, 0.1) is 0 Å². The van der Waals surface area contributed by atoms with Gasteiger partial charge in [-0.2, -0.15) is 5.10 Å². The number of thioether (sulfide) groups is 1. The number of carbonyl (C=O) groups is 2. The Hall–Kier alpha value is -2.28. The second-order valence-electron chi connectivity index (χ2n) is 6.59. The smallest absolute Gasteiger partial charge is 0.233 e. The number of aromatic nitrogens is 2. The van der Waals surface area contributed by atoms with Crippen molar-refractivity contribution in [3.63, 3.8) is 0 Å². The molecule has 2 amide bonds. The first-order valence-electron chi connectivity index (χ1n) is 8.79. The fourth-order valence-corrected chi connectivity index (χ4v) is 4.10. The lowest BCUT2D eigenvalue weighted by molar-refractivity contribution is -0.121. The normalized spacial score (nSPS) is 17.3. The lowest BCUT2D eigenvalue weighted by Crippen LogP contribution is -2.35. The highest BCUT2D eigenvalue weighted by Gasteiger charge is 2.26. The molecule has 0 saturated carbocycles. The van der Waals surface area contributed by atoms with Gasteiger partial charge in [-0.1, -0.05) is 0 Å². The van der Waals surface area contributed by atoms with Gasteiger partial charge in [0.15, 0.2) is 0 Å². The highest BCUT2D eigenvalue weighted by Crippen LogP contribution is 2.30. The second kappa shape index (κ2) is 7.95. The molecule has 2 atom stereocenters. The molecule has 1 aliphatic rings. The van der Waals surface area contributed by atoms with Crippen LogP contribution >= 0.6 is 11.8 Å². The Balaban J connectivity index is 1.59. The molecule has 6 nitrogen and oxygen atoms in total. The summed E-state index contributed by atoms with van der Waals surface area (Å²) in [5.74, 6) is -0.0666. The molecule has 3 rings (SSSR count). The van der Waals surface area contributed by atoms with E-state index in [9.17, 15) is 9.59 Å². The van der Waals surface area contributed by atoms with Gasteiger partial charge < -0.3 is 10.6 Å². The molecule has 2 unspecified atom stereocenters. The first-order chi connectivity index (χ1) is 12.4. The highest BCUT2D eigenvalue weighted by atomic mass is 32.2. The third-order valence-corrected chi connectivity index (χ3v) is 5.66. The van der Waals surface area contributed by atoms with Crippen LogP contribution in [-0.4, -0.2) is 26.8 Å². The van der Waals surface area contributed by atoms with Crippen LogP contribution in [0.5, 0.6) is 0 Å². The Labute approximate surface area is 157 Å². The zero-order valence-electron chi connectivity index (χ0n) is 15.3. The number of nitrogens with zero attached hydrogens (tertiary/aromatic N) is 2. The van der Waals surface area contributed by atoms with Crippen molar-refractivity contribution in [1.82, 2.24) is 15.1 Å². The van der Waals surface area contributed by atoms with Crippen molar-refractivity contribution >= 4 is 29.3 Å². The van der Waals surface area contributed by atoms with E-state index in [0.717, 1.165) is 35.4 Å². The fourth-order valence-electron chi connectivity index (χ4n) is 3.22. The van der Waals surface area contributed by atoms with Gasteiger partial charge in [-0.15, -0.1) is 11.8 Å². The summed E-state index contributed by atoms with van der Waals surface area (Å²) >= 11 is 1.51. The summed E-state index contributed by atoms with van der Waals surface area (Å²) in [6.07, 6.45) is 4.90. The van der Waals surface area contributed by atoms with Crippen LogP contribution in [0.25, 0.3) is 0 Å². The Kier molecular flexibility index (Phi) is 5.66. The third kappa shape index (κ3) is 4.27. The predicted molar refractivity (Wildman–Crippen MR) is 103 cm³/mol. The van der Waals surface area contributed by atoms with Crippen LogP contribution in [0.2, 0.25) is 0 Å². The number of hydrogen-bond acceptors (Lipinski definition) is 4. The molecule has 0 radical (unpaired) electrons. The maximum atomic E-state index is 12.6. The molecule has 1 aliphatic carbocycles. The molecule has 1 aromatic heterocycles. The van der Waals surface area contributed by atoms with Crippen LogP contribution in [0.3, 0.4) is 0 Å². The van der Waals surface area contributed by atoms with Crippen LogP contribution < -0.4 is 10.6 Å². The number of carbonyl (C=O) groups excluding carboxylic acids is 2. The van der Waals surface area contributed by atoms with E-state index in [0.29, 0.717) is 0 Å². The van der Waals surface area contributed by atoms with Crippen molar-refractivity contribution < 1.29 is 9.59 Å². The van der Waals surface area contributed by atoms with E-state index in [1.54, 1.807) is 0 Å². The maximum absolute atomic E-state index is 12.6. The van der Waals surface area contributed by atoms with Gasteiger partial charge >= 0.3 is 0 Å². The highest BCUT2D eigenvalue weighted by molar-refractivity contribution is 8.00. The number of nitrogens with one attached hydrogen (secondary N) is 2. The summed E-state index contributed by atoms with van der Waals surface area (Å²) in [6, 6.07) is 7.57. The van der Waals surface area contributed by atoms with E-state index in [-0.39, 0.29) is 23.1 Å². The zero-order chi connectivity index (χ0) is 18.7. The number of hydrogen-bond donors (Lipinski definition) is 2. The zero-order valence-corrected chi connectivity index (χ0v) is 16.1. The van der Waals surface area contributed by atoms with E-state index in [1.165, 1.54) is 24.4 Å². The predicted octanol–water partition coefficient (Wildman–Crippen LogP) is 3.05. The average Bonchev–Trinajstić information content (AvgIpc) is 2.98. The van der Waals surface area contributed by atoms with E-state index < -0.39 is 0 Å². The molecule has 0 spiro atoms. The topological polar surface area (TPSA) is 76.0 Å². The lowest BCUT2D eigenvalue weighted by atomic mass is 9.93. The largest absolute Gasteiger partial charge is 0.348 e. The summed E-state index contributed by atoms with van der Waals surface area (Å²) < 4.78 is 1.91. The summed E-state index contributed by atoms with van der Waals surface area (Å²) in [5, 5.41) is 10.0. The molecule has 1 heterocycles. The van der Waals surface area contributed by atoms with Gasteiger partial charge in [-0.25, -0.2) is 0 Å². The third-order valence-electron chi connectivity index (χ3n) is 4.55. The minimum Gasteiger partial charge on any atom is -0.348 e. The van der Waals surface area contributed by atoms with Crippen LogP contribution in [0.4, 0.5) is 5.69 Å².